The Kier molecular flexibility index (Phi) is 2.70. The van der Waals surface area contributed by atoms with E-state index in [1.807, 2.05) is 0 Å². The SMILES string of the molecule is c1ccc(C2CNCC3(CCCC3)O2)cc1. The molecule has 0 aromatic heterocycles. The second-order valence-electron chi connectivity index (χ2n) is 5.04. The molecule has 0 bridgehead atoms. The van der Waals surface area contributed by atoms with Gasteiger partial charge in [-0.25, -0.2) is 0 Å². The third kappa shape index (κ3) is 1.87. The lowest BCUT2D eigenvalue weighted by Gasteiger charge is -2.39. The normalized spacial score (nSPS) is 28.4. The van der Waals surface area contributed by atoms with Crippen molar-refractivity contribution in [2.24, 2.45) is 0 Å². The van der Waals surface area contributed by atoms with Crippen LogP contribution < -0.4 is 5.32 Å². The minimum absolute atomic E-state index is 0.138. The van der Waals surface area contributed by atoms with Gasteiger partial charge in [0, 0.05) is 13.1 Å². The van der Waals surface area contributed by atoms with Crippen LogP contribution >= 0.6 is 0 Å². The van der Waals surface area contributed by atoms with Gasteiger partial charge in [0.25, 0.3) is 0 Å². The summed E-state index contributed by atoms with van der Waals surface area (Å²) in [4.78, 5) is 0. The number of nitrogens with one attached hydrogen (secondary N) is 1. The van der Waals surface area contributed by atoms with E-state index in [0.29, 0.717) is 0 Å². The fraction of sp³-hybridized carbons (Fsp3) is 0.571. The number of morpholine rings is 1. The summed E-state index contributed by atoms with van der Waals surface area (Å²) < 4.78 is 6.36. The van der Waals surface area contributed by atoms with Gasteiger partial charge in [-0.15, -0.1) is 0 Å². The van der Waals surface area contributed by atoms with Gasteiger partial charge in [-0.1, -0.05) is 43.2 Å². The number of hydrogen-bond donors (Lipinski definition) is 1. The fourth-order valence-electron chi connectivity index (χ4n) is 2.98. The van der Waals surface area contributed by atoms with Crippen molar-refractivity contribution in [3.8, 4) is 0 Å². The highest BCUT2D eigenvalue weighted by molar-refractivity contribution is 5.19. The maximum absolute atomic E-state index is 6.36. The van der Waals surface area contributed by atoms with Crippen molar-refractivity contribution < 1.29 is 4.74 Å². The van der Waals surface area contributed by atoms with Crippen LogP contribution in [0, 0.1) is 0 Å². The topological polar surface area (TPSA) is 21.3 Å². The smallest absolute Gasteiger partial charge is 0.0957 e. The van der Waals surface area contributed by atoms with Crippen LogP contribution in [0.2, 0.25) is 0 Å². The lowest BCUT2D eigenvalue weighted by atomic mass is 9.97. The fourth-order valence-corrected chi connectivity index (χ4v) is 2.98. The minimum atomic E-state index is 0.138. The van der Waals surface area contributed by atoms with Gasteiger partial charge in [-0.3, -0.25) is 0 Å². The highest BCUT2D eigenvalue weighted by Crippen LogP contribution is 2.38. The average molecular weight is 217 g/mol. The molecule has 1 aliphatic heterocycles. The van der Waals surface area contributed by atoms with Crippen LogP contribution in [0.25, 0.3) is 0 Å². The van der Waals surface area contributed by atoms with E-state index in [1.54, 1.807) is 0 Å². The summed E-state index contributed by atoms with van der Waals surface area (Å²) in [6.07, 6.45) is 5.34. The van der Waals surface area contributed by atoms with Crippen LogP contribution in [0.4, 0.5) is 0 Å². The van der Waals surface area contributed by atoms with Crippen LogP contribution in [-0.4, -0.2) is 18.7 Å². The van der Waals surface area contributed by atoms with Gasteiger partial charge in [0.1, 0.15) is 0 Å². The summed E-state index contributed by atoms with van der Waals surface area (Å²) >= 11 is 0. The molecule has 16 heavy (non-hydrogen) atoms. The molecule has 1 saturated carbocycles. The van der Waals surface area contributed by atoms with E-state index in [9.17, 15) is 0 Å². The Morgan fingerprint density at radius 3 is 2.62 bits per heavy atom. The summed E-state index contributed by atoms with van der Waals surface area (Å²) in [7, 11) is 0. The Balaban J connectivity index is 1.77. The molecule has 2 heteroatoms. The van der Waals surface area contributed by atoms with Gasteiger partial charge in [-0.05, 0) is 18.4 Å². The molecule has 2 fully saturated rings. The van der Waals surface area contributed by atoms with E-state index >= 15 is 0 Å². The van der Waals surface area contributed by atoms with Crippen molar-refractivity contribution in [1.29, 1.82) is 0 Å². The standard InChI is InChI=1S/C14H19NO/c1-2-6-12(7-3-1)13-10-15-11-14(16-13)8-4-5-9-14/h1-3,6-7,13,15H,4-5,8-11H2. The predicted molar refractivity (Wildman–Crippen MR) is 64.3 cm³/mol. The van der Waals surface area contributed by atoms with Crippen molar-refractivity contribution in [1.82, 2.24) is 5.32 Å². The van der Waals surface area contributed by atoms with Gasteiger partial charge < -0.3 is 10.1 Å². The minimum Gasteiger partial charge on any atom is -0.364 e. The zero-order valence-electron chi connectivity index (χ0n) is 9.61. The molecule has 0 radical (unpaired) electrons. The van der Waals surface area contributed by atoms with Gasteiger partial charge >= 0.3 is 0 Å². The zero-order valence-corrected chi connectivity index (χ0v) is 9.61. The molecule has 2 aliphatic rings. The molecule has 1 aliphatic carbocycles. The molecule has 1 heterocycles. The molecule has 86 valence electrons. The lowest BCUT2D eigenvalue weighted by Crippen LogP contribution is -2.49. The Morgan fingerprint density at radius 1 is 1.12 bits per heavy atom. The number of hydrogen-bond acceptors (Lipinski definition) is 2. The molecule has 1 aromatic carbocycles. The van der Waals surface area contributed by atoms with Gasteiger partial charge in [0.15, 0.2) is 0 Å². The van der Waals surface area contributed by atoms with Crippen LogP contribution in [0.15, 0.2) is 30.3 Å². The summed E-state index contributed by atoms with van der Waals surface area (Å²) in [6, 6.07) is 10.6. The molecule has 1 spiro atoms. The van der Waals surface area contributed by atoms with Crippen molar-refractivity contribution in [3.63, 3.8) is 0 Å². The van der Waals surface area contributed by atoms with Crippen molar-refractivity contribution >= 4 is 0 Å². The molecule has 0 amide bonds. The van der Waals surface area contributed by atoms with Crippen LogP contribution in [0.1, 0.15) is 37.4 Å². The largest absolute Gasteiger partial charge is 0.364 e. The Hall–Kier alpha value is -0.860. The molecule has 2 nitrogen and oxygen atoms in total. The third-order valence-corrected chi connectivity index (χ3v) is 3.86. The molecule has 1 unspecified atom stereocenters. The van der Waals surface area contributed by atoms with Crippen LogP contribution in [-0.2, 0) is 4.74 Å². The Labute approximate surface area is 97.0 Å². The molecule has 1 saturated heterocycles. The van der Waals surface area contributed by atoms with Gasteiger partial charge in [0.2, 0.25) is 0 Å². The first kappa shape index (κ1) is 10.3. The van der Waals surface area contributed by atoms with E-state index < -0.39 is 0 Å². The number of rotatable bonds is 1. The number of ether oxygens (including phenoxy) is 1. The molecule has 1 aromatic rings. The summed E-state index contributed by atoms with van der Waals surface area (Å²) in [5, 5.41) is 3.54. The van der Waals surface area contributed by atoms with Crippen LogP contribution in [0.3, 0.4) is 0 Å². The summed E-state index contributed by atoms with van der Waals surface area (Å²) in [5.74, 6) is 0. The second kappa shape index (κ2) is 4.19. The second-order valence-corrected chi connectivity index (χ2v) is 5.04. The van der Waals surface area contributed by atoms with Crippen LogP contribution in [0.5, 0.6) is 0 Å². The highest BCUT2D eigenvalue weighted by Gasteiger charge is 2.39. The van der Waals surface area contributed by atoms with E-state index in [1.165, 1.54) is 31.2 Å². The maximum atomic E-state index is 6.36. The van der Waals surface area contributed by atoms with E-state index in [2.05, 4.69) is 35.6 Å². The molecular weight excluding hydrogens is 198 g/mol. The molecule has 1 N–H and O–H groups in total. The van der Waals surface area contributed by atoms with E-state index in [0.717, 1.165) is 13.1 Å². The van der Waals surface area contributed by atoms with Crippen molar-refractivity contribution in [2.75, 3.05) is 13.1 Å². The monoisotopic (exact) mass is 217 g/mol. The Bertz CT molecular complexity index is 343. The first-order valence-electron chi connectivity index (χ1n) is 6.32. The Morgan fingerprint density at radius 2 is 1.88 bits per heavy atom. The maximum Gasteiger partial charge on any atom is 0.0957 e. The third-order valence-electron chi connectivity index (χ3n) is 3.86. The number of benzene rings is 1. The average Bonchev–Trinajstić information content (AvgIpc) is 2.78. The van der Waals surface area contributed by atoms with Crippen molar-refractivity contribution in [3.05, 3.63) is 35.9 Å². The summed E-state index contributed by atoms with van der Waals surface area (Å²) in [6.45, 7) is 1.99. The first-order chi connectivity index (χ1) is 7.88. The first-order valence-corrected chi connectivity index (χ1v) is 6.32. The van der Waals surface area contributed by atoms with Gasteiger partial charge in [0.05, 0.1) is 11.7 Å². The predicted octanol–water partition coefficient (Wildman–Crippen LogP) is 2.66. The quantitative estimate of drug-likeness (QED) is 0.781. The lowest BCUT2D eigenvalue weighted by molar-refractivity contribution is -0.114. The van der Waals surface area contributed by atoms with E-state index in [-0.39, 0.29) is 11.7 Å². The molecule has 1 atom stereocenters. The van der Waals surface area contributed by atoms with Crippen molar-refractivity contribution in [2.45, 2.75) is 37.4 Å². The van der Waals surface area contributed by atoms with Gasteiger partial charge in [-0.2, -0.15) is 0 Å². The van der Waals surface area contributed by atoms with E-state index in [4.69, 9.17) is 4.74 Å². The zero-order chi connectivity index (χ0) is 10.8. The summed E-state index contributed by atoms with van der Waals surface area (Å²) in [5.41, 5.74) is 1.44. The molecule has 3 rings (SSSR count). The highest BCUT2D eigenvalue weighted by atomic mass is 16.5. The molecular formula is C14H19NO.